The van der Waals surface area contributed by atoms with Gasteiger partial charge in [-0.15, -0.1) is 6.58 Å². The quantitative estimate of drug-likeness (QED) is 0.617. The van der Waals surface area contributed by atoms with Crippen LogP contribution in [0.25, 0.3) is 0 Å². The zero-order chi connectivity index (χ0) is 10.4. The molecule has 0 spiro atoms. The van der Waals surface area contributed by atoms with Gasteiger partial charge in [0.2, 0.25) is 0 Å². The zero-order valence-corrected chi connectivity index (χ0v) is 9.05. The Bertz CT molecular complexity index is 302. The number of allylic oxidation sites excluding steroid dienone is 1. The van der Waals surface area contributed by atoms with Crippen molar-refractivity contribution >= 4 is 0 Å². The maximum Gasteiger partial charge on any atom is 0.122 e. The van der Waals surface area contributed by atoms with E-state index in [9.17, 15) is 0 Å². The smallest absolute Gasteiger partial charge is 0.122 e. The first-order valence-electron chi connectivity index (χ1n) is 5.13. The van der Waals surface area contributed by atoms with Crippen LogP contribution in [-0.4, -0.2) is 6.61 Å². The molecule has 0 N–H and O–H groups in total. The highest BCUT2D eigenvalue weighted by Crippen LogP contribution is 2.25. The topological polar surface area (TPSA) is 9.23 Å². The van der Waals surface area contributed by atoms with Crippen molar-refractivity contribution in [3.63, 3.8) is 0 Å². The number of ether oxygens (including phenoxy) is 1. The van der Waals surface area contributed by atoms with Crippen LogP contribution in [0.15, 0.2) is 30.9 Å². The Morgan fingerprint density at radius 1 is 1.50 bits per heavy atom. The van der Waals surface area contributed by atoms with Crippen LogP contribution in [0.2, 0.25) is 0 Å². The van der Waals surface area contributed by atoms with Crippen molar-refractivity contribution in [3.8, 4) is 5.75 Å². The fourth-order valence-corrected chi connectivity index (χ4v) is 1.46. The summed E-state index contributed by atoms with van der Waals surface area (Å²) in [6.45, 7) is 8.29. The van der Waals surface area contributed by atoms with Gasteiger partial charge in [0.1, 0.15) is 5.75 Å². The third-order valence-corrected chi connectivity index (χ3v) is 2.16. The van der Waals surface area contributed by atoms with Crippen LogP contribution >= 0.6 is 0 Å². The number of hydrogen-bond acceptors (Lipinski definition) is 1. The lowest BCUT2D eigenvalue weighted by Crippen LogP contribution is -1.85. The summed E-state index contributed by atoms with van der Waals surface area (Å²) in [6.07, 6.45) is 3.95. The van der Waals surface area contributed by atoms with Crippen LogP contribution in [0.5, 0.6) is 5.75 Å². The summed E-state index contributed by atoms with van der Waals surface area (Å²) in [6, 6.07) is 6.48. The number of hydrogen-bond donors (Lipinski definition) is 0. The average molecular weight is 190 g/mol. The lowest BCUT2D eigenvalue weighted by molar-refractivity contribution is 0.357. The molecule has 1 heteroatoms. The standard InChI is InChI=1S/C10H12O.C3H6/c1-2-8-3-4-10-9(7-8)5-6-11-10;1-3-2/h3-4,7H,2,5-6H2,1H3;3H,1H2,2H3. The lowest BCUT2D eigenvalue weighted by atomic mass is 10.1. The van der Waals surface area contributed by atoms with Crippen LogP contribution in [0.4, 0.5) is 0 Å². The van der Waals surface area contributed by atoms with E-state index in [2.05, 4.69) is 31.7 Å². The minimum absolute atomic E-state index is 0.864. The van der Waals surface area contributed by atoms with Crippen LogP contribution in [0.3, 0.4) is 0 Å². The van der Waals surface area contributed by atoms with Crippen molar-refractivity contribution in [1.29, 1.82) is 0 Å². The van der Waals surface area contributed by atoms with E-state index in [-0.39, 0.29) is 0 Å². The summed E-state index contributed by atoms with van der Waals surface area (Å²) >= 11 is 0. The first-order chi connectivity index (χ1) is 6.81. The molecule has 0 unspecified atom stereocenters. The number of fused-ring (bicyclic) bond motifs is 1. The minimum atomic E-state index is 0.864. The van der Waals surface area contributed by atoms with Gasteiger partial charge in [-0.2, -0.15) is 0 Å². The predicted molar refractivity (Wildman–Crippen MR) is 60.9 cm³/mol. The molecular formula is C13H18O. The average Bonchev–Trinajstić information content (AvgIpc) is 2.65. The summed E-state index contributed by atoms with van der Waals surface area (Å²) in [4.78, 5) is 0. The highest BCUT2D eigenvalue weighted by atomic mass is 16.5. The van der Waals surface area contributed by atoms with Crippen molar-refractivity contribution in [1.82, 2.24) is 0 Å². The Labute approximate surface area is 86.4 Å². The molecule has 76 valence electrons. The fraction of sp³-hybridized carbons (Fsp3) is 0.385. The minimum Gasteiger partial charge on any atom is -0.493 e. The molecule has 0 amide bonds. The van der Waals surface area contributed by atoms with E-state index in [0.717, 1.165) is 25.2 Å². The molecule has 0 atom stereocenters. The molecule has 1 nitrogen and oxygen atoms in total. The van der Waals surface area contributed by atoms with E-state index in [1.54, 1.807) is 6.08 Å². The van der Waals surface area contributed by atoms with Gasteiger partial charge >= 0.3 is 0 Å². The third-order valence-electron chi connectivity index (χ3n) is 2.16. The van der Waals surface area contributed by atoms with Crippen molar-refractivity contribution in [2.24, 2.45) is 0 Å². The molecular weight excluding hydrogens is 172 g/mol. The molecule has 0 radical (unpaired) electrons. The molecule has 1 heterocycles. The second-order valence-electron chi connectivity index (χ2n) is 3.30. The third kappa shape index (κ3) is 2.63. The second kappa shape index (κ2) is 5.48. The highest BCUT2D eigenvalue weighted by molar-refractivity contribution is 5.39. The monoisotopic (exact) mass is 190 g/mol. The fourth-order valence-electron chi connectivity index (χ4n) is 1.46. The number of benzene rings is 1. The SMILES string of the molecule is C=CC.CCc1ccc2c(c1)CCO2. The largest absolute Gasteiger partial charge is 0.493 e. The van der Waals surface area contributed by atoms with Gasteiger partial charge in [-0.25, -0.2) is 0 Å². The molecule has 0 fully saturated rings. The summed E-state index contributed by atoms with van der Waals surface area (Å²) in [5, 5.41) is 0. The van der Waals surface area contributed by atoms with E-state index in [1.807, 2.05) is 6.92 Å². The number of aryl methyl sites for hydroxylation is 1. The molecule has 0 aliphatic carbocycles. The van der Waals surface area contributed by atoms with Crippen LogP contribution in [0.1, 0.15) is 25.0 Å². The van der Waals surface area contributed by atoms with E-state index in [4.69, 9.17) is 4.74 Å². The summed E-state index contributed by atoms with van der Waals surface area (Å²) in [5.74, 6) is 1.09. The predicted octanol–water partition coefficient (Wildman–Crippen LogP) is 3.38. The lowest BCUT2D eigenvalue weighted by Gasteiger charge is -2.00. The van der Waals surface area contributed by atoms with Crippen LogP contribution in [-0.2, 0) is 12.8 Å². The first kappa shape index (κ1) is 10.8. The molecule has 0 saturated carbocycles. The Kier molecular flexibility index (Phi) is 4.24. The van der Waals surface area contributed by atoms with E-state index in [0.29, 0.717) is 0 Å². The molecule has 1 aliphatic rings. The van der Waals surface area contributed by atoms with Crippen molar-refractivity contribution in [3.05, 3.63) is 42.0 Å². The zero-order valence-electron chi connectivity index (χ0n) is 9.05. The molecule has 1 aliphatic heterocycles. The molecule has 0 aromatic heterocycles. The van der Waals surface area contributed by atoms with Crippen molar-refractivity contribution in [2.75, 3.05) is 6.61 Å². The van der Waals surface area contributed by atoms with Gasteiger partial charge in [-0.1, -0.05) is 25.1 Å². The Morgan fingerprint density at radius 3 is 2.86 bits per heavy atom. The van der Waals surface area contributed by atoms with Gasteiger partial charge in [0.25, 0.3) is 0 Å². The van der Waals surface area contributed by atoms with E-state index >= 15 is 0 Å². The highest BCUT2D eigenvalue weighted by Gasteiger charge is 2.10. The first-order valence-corrected chi connectivity index (χ1v) is 5.13. The van der Waals surface area contributed by atoms with Gasteiger partial charge in [0.15, 0.2) is 0 Å². The maximum absolute atomic E-state index is 5.40. The Balaban J connectivity index is 0.000000293. The molecule has 2 rings (SSSR count). The number of rotatable bonds is 1. The molecule has 0 bridgehead atoms. The molecule has 1 aromatic rings. The van der Waals surface area contributed by atoms with E-state index < -0.39 is 0 Å². The maximum atomic E-state index is 5.40. The van der Waals surface area contributed by atoms with Crippen molar-refractivity contribution < 1.29 is 4.74 Å². The van der Waals surface area contributed by atoms with Gasteiger partial charge in [-0.3, -0.25) is 0 Å². The van der Waals surface area contributed by atoms with Gasteiger partial charge in [-0.05, 0) is 30.5 Å². The summed E-state index contributed by atoms with van der Waals surface area (Å²) < 4.78 is 5.40. The molecule has 14 heavy (non-hydrogen) atoms. The summed E-state index contributed by atoms with van der Waals surface area (Å²) in [5.41, 5.74) is 2.79. The Hall–Kier alpha value is -1.24. The molecule has 0 saturated heterocycles. The van der Waals surface area contributed by atoms with Gasteiger partial charge in [0.05, 0.1) is 6.61 Å². The van der Waals surface area contributed by atoms with Gasteiger partial charge in [0, 0.05) is 6.42 Å². The van der Waals surface area contributed by atoms with Crippen LogP contribution in [0, 0.1) is 0 Å². The summed E-state index contributed by atoms with van der Waals surface area (Å²) in [7, 11) is 0. The van der Waals surface area contributed by atoms with Crippen LogP contribution < -0.4 is 4.74 Å². The second-order valence-corrected chi connectivity index (χ2v) is 3.30. The van der Waals surface area contributed by atoms with Crippen molar-refractivity contribution in [2.45, 2.75) is 26.7 Å². The molecule has 1 aromatic carbocycles. The van der Waals surface area contributed by atoms with Gasteiger partial charge < -0.3 is 4.74 Å². The van der Waals surface area contributed by atoms with E-state index in [1.165, 1.54) is 11.1 Å². The normalized spacial score (nSPS) is 12.1. The Morgan fingerprint density at radius 2 is 2.21 bits per heavy atom.